The van der Waals surface area contributed by atoms with E-state index in [1.807, 2.05) is 42.5 Å². The van der Waals surface area contributed by atoms with E-state index < -0.39 is 52.7 Å². The quantitative estimate of drug-likeness (QED) is 0.355. The molecule has 2 N–H and O–H groups in total. The van der Waals surface area contributed by atoms with Crippen molar-refractivity contribution in [3.63, 3.8) is 0 Å². The largest absolute Gasteiger partial charge is 0.458 e. The van der Waals surface area contributed by atoms with Crippen LogP contribution in [-0.2, 0) is 35.0 Å². The Labute approximate surface area is 223 Å². The Morgan fingerprint density at radius 1 is 1.16 bits per heavy atom. The number of allylic oxidation sites excluding steroid dienone is 1. The molecule has 2 unspecified atom stereocenters. The highest BCUT2D eigenvalue weighted by atomic mass is 16.6. The van der Waals surface area contributed by atoms with Gasteiger partial charge >= 0.3 is 5.97 Å². The summed E-state index contributed by atoms with van der Waals surface area (Å²) in [6.45, 7) is 8.79. The van der Waals surface area contributed by atoms with E-state index in [0.29, 0.717) is 12.8 Å². The van der Waals surface area contributed by atoms with Gasteiger partial charge in [0.1, 0.15) is 29.3 Å². The number of esters is 1. The Kier molecular flexibility index (Phi) is 5.73. The normalized spacial score (nSPS) is 49.8. The van der Waals surface area contributed by atoms with E-state index in [1.165, 1.54) is 13.8 Å². The third-order valence-corrected chi connectivity index (χ3v) is 10.1. The summed E-state index contributed by atoms with van der Waals surface area (Å²) in [5.41, 5.74) is -2.29. The lowest BCUT2D eigenvalue weighted by molar-refractivity contribution is -0.171. The highest BCUT2D eigenvalue weighted by molar-refractivity contribution is 5.91. The predicted octanol–water partition coefficient (Wildman–Crippen LogP) is 2.37. The molecule has 1 aromatic carbocycles. The molecule has 2 aliphatic carbocycles. The number of ketones is 1. The summed E-state index contributed by atoms with van der Waals surface area (Å²) in [6.07, 6.45) is 2.06. The number of hydrogen-bond acceptors (Lipinski definition) is 7. The van der Waals surface area contributed by atoms with Crippen molar-refractivity contribution < 1.29 is 33.7 Å². The molecule has 4 fully saturated rings. The lowest BCUT2D eigenvalue weighted by atomic mass is 9.50. The molecule has 1 amide bonds. The number of amides is 1. The van der Waals surface area contributed by atoms with E-state index in [-0.39, 0.29) is 35.7 Å². The third kappa shape index (κ3) is 3.49. The molecule has 0 bridgehead atoms. The molecule has 0 radical (unpaired) electrons. The van der Waals surface area contributed by atoms with E-state index in [2.05, 4.69) is 19.2 Å². The van der Waals surface area contributed by atoms with Gasteiger partial charge in [0.2, 0.25) is 5.91 Å². The van der Waals surface area contributed by atoms with Crippen LogP contribution in [0, 0.1) is 29.1 Å². The first-order chi connectivity index (χ1) is 17.9. The van der Waals surface area contributed by atoms with Crippen molar-refractivity contribution in [2.45, 2.75) is 89.1 Å². The van der Waals surface area contributed by atoms with Gasteiger partial charge in [-0.3, -0.25) is 14.4 Å². The predicted molar refractivity (Wildman–Crippen MR) is 137 cm³/mol. The summed E-state index contributed by atoms with van der Waals surface area (Å²) in [6, 6.07) is 9.80. The maximum atomic E-state index is 14.4. The summed E-state index contributed by atoms with van der Waals surface area (Å²) >= 11 is 0. The van der Waals surface area contributed by atoms with Gasteiger partial charge in [-0.05, 0) is 38.2 Å². The van der Waals surface area contributed by atoms with E-state index in [4.69, 9.17) is 14.2 Å². The highest BCUT2D eigenvalue weighted by Gasteiger charge is 2.81. The molecule has 3 heterocycles. The molecule has 1 saturated carbocycles. The molecular formula is C30H37NO7. The van der Waals surface area contributed by atoms with Crippen molar-refractivity contribution in [3.05, 3.63) is 48.0 Å². The van der Waals surface area contributed by atoms with Crippen LogP contribution in [0.1, 0.15) is 46.6 Å². The summed E-state index contributed by atoms with van der Waals surface area (Å²) < 4.78 is 18.4. The number of benzene rings is 1. The second kappa shape index (κ2) is 8.47. The summed E-state index contributed by atoms with van der Waals surface area (Å²) in [4.78, 5) is 40.2. The van der Waals surface area contributed by atoms with Crippen LogP contribution in [0.2, 0.25) is 0 Å². The van der Waals surface area contributed by atoms with Gasteiger partial charge in [-0.1, -0.05) is 56.3 Å². The molecule has 8 nitrogen and oxygen atoms in total. The van der Waals surface area contributed by atoms with Gasteiger partial charge in [-0.25, -0.2) is 0 Å². The van der Waals surface area contributed by atoms with Crippen molar-refractivity contribution >= 4 is 17.7 Å². The van der Waals surface area contributed by atoms with Gasteiger partial charge in [0.05, 0.1) is 11.7 Å². The molecule has 1 spiro atoms. The molecule has 1 aromatic rings. The number of ether oxygens (including phenoxy) is 3. The van der Waals surface area contributed by atoms with Crippen molar-refractivity contribution in [3.8, 4) is 0 Å². The Balaban J connectivity index is 1.52. The standard InChI is InChI=1S/C30H37NO7/c1-15-10-9-13-19-24-29(5,38-24)16(2)21-20(14-18-11-7-6-8-12-18)31-27(34)30(19,21)26(36-17(3)32)22-25(37-22)28(4,35)23(15)33/h6-9,11-13,15-16,19-22,24-26,35H,10,14H2,1-5H3,(H,31,34)/b13-9+/t15-,16?,19-,20-,21?,22+,24-,25+,26+,28-,29+,30-/m0/s1. The monoisotopic (exact) mass is 523 g/mol. The first kappa shape index (κ1) is 25.7. The van der Waals surface area contributed by atoms with Crippen LogP contribution in [-0.4, -0.2) is 64.4 Å². The number of fused-ring (bicyclic) bond motifs is 3. The van der Waals surface area contributed by atoms with Crippen LogP contribution >= 0.6 is 0 Å². The van der Waals surface area contributed by atoms with E-state index in [1.54, 1.807) is 6.92 Å². The number of carbonyl (C=O) groups is 3. The van der Waals surface area contributed by atoms with Gasteiger partial charge < -0.3 is 24.6 Å². The molecule has 3 saturated heterocycles. The topological polar surface area (TPSA) is 118 Å². The molecule has 3 aliphatic heterocycles. The van der Waals surface area contributed by atoms with Gasteiger partial charge in [0, 0.05) is 30.7 Å². The molecular weight excluding hydrogens is 486 g/mol. The van der Waals surface area contributed by atoms with Crippen molar-refractivity contribution in [1.29, 1.82) is 0 Å². The van der Waals surface area contributed by atoms with Crippen LogP contribution in [0.4, 0.5) is 0 Å². The Bertz CT molecular complexity index is 1200. The first-order valence-corrected chi connectivity index (χ1v) is 13.7. The molecule has 5 aliphatic rings. The average Bonchev–Trinajstić information content (AvgIpc) is 3.77. The highest BCUT2D eigenvalue weighted by Crippen LogP contribution is 2.68. The lowest BCUT2D eigenvalue weighted by Gasteiger charge is -2.49. The number of hydrogen-bond donors (Lipinski definition) is 2. The fourth-order valence-electron chi connectivity index (χ4n) is 8.06. The van der Waals surface area contributed by atoms with Crippen molar-refractivity contribution in [2.24, 2.45) is 29.1 Å². The minimum Gasteiger partial charge on any atom is -0.458 e. The molecule has 204 valence electrons. The summed E-state index contributed by atoms with van der Waals surface area (Å²) in [5, 5.41) is 14.6. The molecule has 0 aromatic heterocycles. The fraction of sp³-hybridized carbons (Fsp3) is 0.633. The van der Waals surface area contributed by atoms with Gasteiger partial charge in [-0.2, -0.15) is 0 Å². The van der Waals surface area contributed by atoms with Gasteiger partial charge in [0.25, 0.3) is 0 Å². The van der Waals surface area contributed by atoms with Crippen LogP contribution in [0.25, 0.3) is 0 Å². The van der Waals surface area contributed by atoms with Gasteiger partial charge in [-0.15, -0.1) is 0 Å². The Hall–Kier alpha value is -2.55. The van der Waals surface area contributed by atoms with E-state index in [0.717, 1.165) is 5.56 Å². The first-order valence-electron chi connectivity index (χ1n) is 13.7. The van der Waals surface area contributed by atoms with Crippen LogP contribution in [0.3, 0.4) is 0 Å². The number of rotatable bonds is 3. The van der Waals surface area contributed by atoms with E-state index in [9.17, 15) is 19.5 Å². The zero-order chi connectivity index (χ0) is 27.2. The summed E-state index contributed by atoms with van der Waals surface area (Å²) in [5.74, 6) is -2.18. The maximum absolute atomic E-state index is 14.4. The van der Waals surface area contributed by atoms with Crippen LogP contribution in [0.5, 0.6) is 0 Å². The number of carbonyl (C=O) groups excluding carboxylic acids is 3. The number of nitrogens with one attached hydrogen (secondary N) is 1. The van der Waals surface area contributed by atoms with Crippen molar-refractivity contribution in [2.75, 3.05) is 0 Å². The summed E-state index contributed by atoms with van der Waals surface area (Å²) in [7, 11) is 0. The number of aliphatic hydroxyl groups is 1. The molecule has 38 heavy (non-hydrogen) atoms. The average molecular weight is 524 g/mol. The second-order valence-corrected chi connectivity index (χ2v) is 12.4. The maximum Gasteiger partial charge on any atom is 0.303 e. The zero-order valence-electron chi connectivity index (χ0n) is 22.5. The zero-order valence-corrected chi connectivity index (χ0v) is 22.5. The minimum atomic E-state index is -1.77. The van der Waals surface area contributed by atoms with Gasteiger partial charge in [0.15, 0.2) is 5.78 Å². The fourth-order valence-corrected chi connectivity index (χ4v) is 8.06. The third-order valence-electron chi connectivity index (χ3n) is 10.1. The minimum absolute atomic E-state index is 0.0359. The van der Waals surface area contributed by atoms with E-state index >= 15 is 0 Å². The van der Waals surface area contributed by atoms with Crippen molar-refractivity contribution in [1.82, 2.24) is 5.32 Å². The van der Waals surface area contributed by atoms with Crippen LogP contribution in [0.15, 0.2) is 42.5 Å². The van der Waals surface area contributed by atoms with Crippen LogP contribution < -0.4 is 5.32 Å². The Morgan fingerprint density at radius 3 is 2.55 bits per heavy atom. The molecule has 8 heteroatoms. The molecule has 6 rings (SSSR count). The second-order valence-electron chi connectivity index (χ2n) is 12.4. The lowest BCUT2D eigenvalue weighted by Crippen LogP contribution is -2.62. The SMILES string of the molecule is CC(=O)O[C@@H]1[C@@H]2O[C@H]2[C@@](C)(O)C(=O)[C@@H](C)C/C=C/[C@H]2[C@@H]3O[C@]3(C)C(C)C3[C@H](Cc4ccccc4)NC(=O)[C@@]312. The Morgan fingerprint density at radius 2 is 1.87 bits per heavy atom. The number of Topliss-reactive ketones (excluding diaryl/α,β-unsaturated/α-hetero) is 1. The molecule has 12 atom stereocenters. The number of epoxide rings is 2. The smallest absolute Gasteiger partial charge is 0.303 e.